The Bertz CT molecular complexity index is 439. The molecule has 21 heavy (non-hydrogen) atoms. The maximum absolute atomic E-state index is 12.2. The van der Waals surface area contributed by atoms with Crippen molar-refractivity contribution in [3.8, 4) is 0 Å². The lowest BCUT2D eigenvalue weighted by Crippen LogP contribution is -2.22. The predicted molar refractivity (Wildman–Crippen MR) is 84.2 cm³/mol. The maximum Gasteiger partial charge on any atom is 0.306 e. The summed E-state index contributed by atoms with van der Waals surface area (Å²) in [5.74, 6) is -1.43. The summed E-state index contributed by atoms with van der Waals surface area (Å²) in [5.41, 5.74) is 1.12. The van der Waals surface area contributed by atoms with Gasteiger partial charge in [-0.05, 0) is 18.4 Å². The Morgan fingerprint density at radius 3 is 2.38 bits per heavy atom. The second-order valence-electron chi connectivity index (χ2n) is 5.79. The van der Waals surface area contributed by atoms with Crippen LogP contribution < -0.4 is 0 Å². The van der Waals surface area contributed by atoms with Gasteiger partial charge < -0.3 is 5.11 Å². The van der Waals surface area contributed by atoms with E-state index in [2.05, 4.69) is 6.92 Å². The van der Waals surface area contributed by atoms with Gasteiger partial charge in [-0.15, -0.1) is 0 Å². The lowest BCUT2D eigenvalue weighted by Gasteiger charge is -2.15. The number of aliphatic carboxylic acids is 1. The number of unbranched alkanes of at least 4 members (excludes halogenated alkanes) is 2. The molecule has 0 aliphatic carbocycles. The molecule has 0 aliphatic rings. The first-order chi connectivity index (χ1) is 10.0. The van der Waals surface area contributed by atoms with Crippen LogP contribution in [-0.4, -0.2) is 16.9 Å². The number of carbonyl (C=O) groups excluding carboxylic acids is 1. The lowest BCUT2D eigenvalue weighted by atomic mass is 9.88. The van der Waals surface area contributed by atoms with Gasteiger partial charge in [-0.3, -0.25) is 9.59 Å². The van der Waals surface area contributed by atoms with Crippen molar-refractivity contribution in [2.45, 2.75) is 52.4 Å². The third kappa shape index (κ3) is 6.56. The van der Waals surface area contributed by atoms with Crippen LogP contribution in [-0.2, 0) is 16.0 Å². The van der Waals surface area contributed by atoms with Gasteiger partial charge in [0.05, 0.1) is 5.92 Å². The Hall–Kier alpha value is -1.64. The Labute approximate surface area is 127 Å². The molecule has 3 heteroatoms. The minimum Gasteiger partial charge on any atom is -0.481 e. The number of Topliss-reactive ketones (excluding diaryl/α,β-unsaturated/α-hetero) is 1. The molecule has 1 aromatic rings. The lowest BCUT2D eigenvalue weighted by molar-refractivity contribution is -0.144. The van der Waals surface area contributed by atoms with E-state index in [-0.39, 0.29) is 18.1 Å². The van der Waals surface area contributed by atoms with Crippen molar-refractivity contribution in [2.24, 2.45) is 11.8 Å². The van der Waals surface area contributed by atoms with Crippen LogP contribution in [0.25, 0.3) is 0 Å². The van der Waals surface area contributed by atoms with Gasteiger partial charge in [0, 0.05) is 12.3 Å². The van der Waals surface area contributed by atoms with Crippen LogP contribution in [0.5, 0.6) is 0 Å². The first-order valence-corrected chi connectivity index (χ1v) is 7.84. The van der Waals surface area contributed by atoms with E-state index in [4.69, 9.17) is 0 Å². The van der Waals surface area contributed by atoms with E-state index in [9.17, 15) is 14.7 Å². The maximum atomic E-state index is 12.2. The summed E-state index contributed by atoms with van der Waals surface area (Å²) in [6.07, 6.45) is 4.41. The van der Waals surface area contributed by atoms with E-state index in [0.29, 0.717) is 12.8 Å². The summed E-state index contributed by atoms with van der Waals surface area (Å²) < 4.78 is 0. The van der Waals surface area contributed by atoms with Crippen LogP contribution in [0.4, 0.5) is 0 Å². The highest BCUT2D eigenvalue weighted by atomic mass is 16.4. The molecule has 0 saturated carbocycles. The summed E-state index contributed by atoms with van der Waals surface area (Å²) in [4.78, 5) is 23.5. The zero-order chi connectivity index (χ0) is 15.7. The Balaban J connectivity index is 2.50. The zero-order valence-electron chi connectivity index (χ0n) is 13.0. The summed E-state index contributed by atoms with van der Waals surface area (Å²) in [7, 11) is 0. The van der Waals surface area contributed by atoms with E-state index in [1.165, 1.54) is 0 Å². The fraction of sp³-hybridized carbons (Fsp3) is 0.556. The average molecular weight is 290 g/mol. The van der Waals surface area contributed by atoms with Crippen LogP contribution in [0.1, 0.15) is 51.5 Å². The third-order valence-corrected chi connectivity index (χ3v) is 3.89. The van der Waals surface area contributed by atoms with Gasteiger partial charge in [0.2, 0.25) is 0 Å². The number of hydrogen-bond donors (Lipinski definition) is 1. The first kappa shape index (κ1) is 17.4. The quantitative estimate of drug-likeness (QED) is 0.660. The van der Waals surface area contributed by atoms with E-state index in [1.54, 1.807) is 0 Å². The van der Waals surface area contributed by atoms with Crippen molar-refractivity contribution >= 4 is 11.8 Å². The number of carboxylic acids is 1. The smallest absolute Gasteiger partial charge is 0.306 e. The molecule has 0 radical (unpaired) electrons. The Morgan fingerprint density at radius 1 is 1.14 bits per heavy atom. The van der Waals surface area contributed by atoms with Gasteiger partial charge in [-0.1, -0.05) is 63.4 Å². The SMILES string of the molecule is CCCCC[C@H](CC(=O)[C@@H](C)Cc1ccccc1)C(=O)O. The molecule has 0 bridgehead atoms. The van der Waals surface area contributed by atoms with Crippen LogP contribution in [0.2, 0.25) is 0 Å². The minimum absolute atomic E-state index is 0.0581. The molecule has 0 unspecified atom stereocenters. The number of ketones is 1. The molecule has 0 amide bonds. The van der Waals surface area contributed by atoms with E-state index < -0.39 is 11.9 Å². The summed E-state index contributed by atoms with van der Waals surface area (Å²) in [5, 5.41) is 9.24. The van der Waals surface area contributed by atoms with E-state index >= 15 is 0 Å². The predicted octanol–water partition coefficient (Wildman–Crippen LogP) is 4.11. The average Bonchev–Trinajstić information content (AvgIpc) is 2.47. The van der Waals surface area contributed by atoms with E-state index in [0.717, 1.165) is 24.8 Å². The molecule has 2 atom stereocenters. The molecule has 1 N–H and O–H groups in total. The monoisotopic (exact) mass is 290 g/mol. The second-order valence-corrected chi connectivity index (χ2v) is 5.79. The van der Waals surface area contributed by atoms with Gasteiger partial charge >= 0.3 is 5.97 Å². The highest BCUT2D eigenvalue weighted by Crippen LogP contribution is 2.19. The molecule has 0 aromatic heterocycles. The zero-order valence-corrected chi connectivity index (χ0v) is 13.0. The molecule has 1 rings (SSSR count). The Kier molecular flexibility index (Phi) is 7.73. The highest BCUT2D eigenvalue weighted by Gasteiger charge is 2.23. The van der Waals surface area contributed by atoms with Crippen LogP contribution >= 0.6 is 0 Å². The van der Waals surface area contributed by atoms with Crippen molar-refractivity contribution in [3.63, 3.8) is 0 Å². The van der Waals surface area contributed by atoms with Crippen molar-refractivity contribution < 1.29 is 14.7 Å². The van der Waals surface area contributed by atoms with Crippen molar-refractivity contribution in [1.82, 2.24) is 0 Å². The highest BCUT2D eigenvalue weighted by molar-refractivity contribution is 5.85. The molecule has 0 saturated heterocycles. The van der Waals surface area contributed by atoms with Crippen LogP contribution in [0, 0.1) is 11.8 Å². The summed E-state index contributed by atoms with van der Waals surface area (Å²) >= 11 is 0. The molecule has 116 valence electrons. The molecule has 3 nitrogen and oxygen atoms in total. The molecule has 0 spiro atoms. The number of benzene rings is 1. The molecular formula is C18H26O3. The number of carboxylic acid groups (broad SMARTS) is 1. The molecule has 0 fully saturated rings. The van der Waals surface area contributed by atoms with Gasteiger partial charge in [-0.2, -0.15) is 0 Å². The second kappa shape index (κ2) is 9.32. The summed E-state index contributed by atoms with van der Waals surface area (Å²) in [6, 6.07) is 9.86. The van der Waals surface area contributed by atoms with Gasteiger partial charge in [0.1, 0.15) is 5.78 Å². The Morgan fingerprint density at radius 2 is 1.81 bits per heavy atom. The van der Waals surface area contributed by atoms with Crippen LogP contribution in [0.3, 0.4) is 0 Å². The van der Waals surface area contributed by atoms with Gasteiger partial charge in [0.25, 0.3) is 0 Å². The fourth-order valence-corrected chi connectivity index (χ4v) is 2.48. The normalized spacial score (nSPS) is 13.6. The number of carbonyl (C=O) groups is 2. The van der Waals surface area contributed by atoms with Gasteiger partial charge in [0.15, 0.2) is 0 Å². The van der Waals surface area contributed by atoms with Crippen molar-refractivity contribution in [3.05, 3.63) is 35.9 Å². The fourth-order valence-electron chi connectivity index (χ4n) is 2.48. The first-order valence-electron chi connectivity index (χ1n) is 7.84. The minimum atomic E-state index is -0.841. The van der Waals surface area contributed by atoms with Crippen LogP contribution in [0.15, 0.2) is 30.3 Å². The standard InChI is InChI=1S/C18H26O3/c1-3-4-6-11-16(18(20)21)13-17(19)14(2)12-15-9-7-5-8-10-15/h5,7-10,14,16H,3-4,6,11-13H2,1-2H3,(H,20,21)/t14-,16+/m0/s1. The summed E-state index contributed by atoms with van der Waals surface area (Å²) in [6.45, 7) is 3.98. The van der Waals surface area contributed by atoms with E-state index in [1.807, 2.05) is 37.3 Å². The topological polar surface area (TPSA) is 54.4 Å². The molecule has 1 aromatic carbocycles. The molecule has 0 aliphatic heterocycles. The van der Waals surface area contributed by atoms with Crippen molar-refractivity contribution in [1.29, 1.82) is 0 Å². The van der Waals surface area contributed by atoms with Gasteiger partial charge in [-0.25, -0.2) is 0 Å². The van der Waals surface area contributed by atoms with Crippen molar-refractivity contribution in [2.75, 3.05) is 0 Å². The molecule has 0 heterocycles. The number of rotatable bonds is 10. The largest absolute Gasteiger partial charge is 0.481 e. The number of hydrogen-bond acceptors (Lipinski definition) is 2. The third-order valence-electron chi connectivity index (χ3n) is 3.89. The molecular weight excluding hydrogens is 264 g/mol.